The molecule has 0 fully saturated rings. The van der Waals surface area contributed by atoms with Crippen molar-refractivity contribution in [3.8, 4) is 5.75 Å². The molecule has 1 aromatic heterocycles. The van der Waals surface area contributed by atoms with E-state index in [0.717, 1.165) is 5.56 Å². The summed E-state index contributed by atoms with van der Waals surface area (Å²) in [7, 11) is 1.21. The van der Waals surface area contributed by atoms with Crippen LogP contribution in [0.3, 0.4) is 0 Å². The summed E-state index contributed by atoms with van der Waals surface area (Å²) in [6.45, 7) is 2.19. The van der Waals surface area contributed by atoms with E-state index in [-0.39, 0.29) is 36.0 Å². The van der Waals surface area contributed by atoms with Gasteiger partial charge in [0.05, 0.1) is 7.11 Å². The summed E-state index contributed by atoms with van der Waals surface area (Å²) in [5.74, 6) is -2.02. The number of aryl methyl sites for hydroxylation is 1. The van der Waals surface area contributed by atoms with E-state index in [4.69, 9.17) is 9.47 Å². The first-order chi connectivity index (χ1) is 15.4. The minimum absolute atomic E-state index is 0.0322. The molecular formula is C24H23FN2O5. The second kappa shape index (κ2) is 10.4. The predicted molar refractivity (Wildman–Crippen MR) is 116 cm³/mol. The lowest BCUT2D eigenvalue weighted by atomic mass is 10.1. The number of nitrogens with zero attached hydrogens (tertiary/aromatic N) is 1. The molecule has 0 aliphatic carbocycles. The number of halogens is 1. The quantitative estimate of drug-likeness (QED) is 0.546. The van der Waals surface area contributed by atoms with Gasteiger partial charge in [0, 0.05) is 19.3 Å². The van der Waals surface area contributed by atoms with Crippen molar-refractivity contribution in [2.45, 2.75) is 26.6 Å². The van der Waals surface area contributed by atoms with Gasteiger partial charge in [-0.15, -0.1) is 0 Å². The molecule has 0 saturated carbocycles. The van der Waals surface area contributed by atoms with E-state index in [1.54, 1.807) is 6.92 Å². The van der Waals surface area contributed by atoms with Crippen LogP contribution in [0.4, 0.5) is 4.39 Å². The van der Waals surface area contributed by atoms with Crippen LogP contribution >= 0.6 is 0 Å². The predicted octanol–water partition coefficient (Wildman–Crippen LogP) is 3.30. The topological polar surface area (TPSA) is 86.6 Å². The maximum absolute atomic E-state index is 13.1. The molecule has 32 heavy (non-hydrogen) atoms. The molecule has 0 atom stereocenters. The lowest BCUT2D eigenvalue weighted by Crippen LogP contribution is -2.32. The van der Waals surface area contributed by atoms with Crippen LogP contribution < -0.4 is 15.5 Å². The number of carbonyl (C=O) groups excluding carboxylic acids is 2. The summed E-state index contributed by atoms with van der Waals surface area (Å²) in [5.41, 5.74) is 0.498. The smallest absolute Gasteiger partial charge is 0.358 e. The number of hydrogen-bond acceptors (Lipinski definition) is 5. The molecule has 0 unspecified atom stereocenters. The molecule has 1 N–H and O–H groups in total. The number of pyridine rings is 1. The van der Waals surface area contributed by atoms with Crippen molar-refractivity contribution in [1.82, 2.24) is 9.88 Å². The third-order valence-corrected chi connectivity index (χ3v) is 4.79. The Hall–Kier alpha value is -3.94. The van der Waals surface area contributed by atoms with Crippen molar-refractivity contribution in [3.05, 3.63) is 99.2 Å². The first kappa shape index (κ1) is 22.7. The van der Waals surface area contributed by atoms with Crippen molar-refractivity contribution in [2.24, 2.45) is 0 Å². The molecule has 0 aliphatic heterocycles. The van der Waals surface area contributed by atoms with Gasteiger partial charge in [-0.3, -0.25) is 9.59 Å². The van der Waals surface area contributed by atoms with Gasteiger partial charge in [-0.1, -0.05) is 42.5 Å². The van der Waals surface area contributed by atoms with Crippen molar-refractivity contribution in [2.75, 3.05) is 7.11 Å². The molecule has 0 saturated heterocycles. The molecule has 2 aromatic carbocycles. The Morgan fingerprint density at radius 2 is 1.72 bits per heavy atom. The molecule has 7 nitrogen and oxygen atoms in total. The first-order valence-electron chi connectivity index (χ1n) is 9.99. The third kappa shape index (κ3) is 5.21. The van der Waals surface area contributed by atoms with Crippen molar-refractivity contribution >= 4 is 11.9 Å². The molecule has 1 heterocycles. The molecule has 166 valence electrons. The van der Waals surface area contributed by atoms with Crippen LogP contribution in [0.5, 0.6) is 5.75 Å². The zero-order chi connectivity index (χ0) is 23.1. The molecule has 0 radical (unpaired) electrons. The zero-order valence-electron chi connectivity index (χ0n) is 17.8. The second-order valence-electron chi connectivity index (χ2n) is 6.91. The monoisotopic (exact) mass is 438 g/mol. The number of hydrogen-bond donors (Lipinski definition) is 1. The fourth-order valence-electron chi connectivity index (χ4n) is 3.10. The summed E-state index contributed by atoms with van der Waals surface area (Å²) < 4.78 is 25.1. The lowest BCUT2D eigenvalue weighted by Gasteiger charge is -2.17. The van der Waals surface area contributed by atoms with Crippen LogP contribution in [0.15, 0.2) is 65.6 Å². The number of amides is 1. The van der Waals surface area contributed by atoms with Crippen molar-refractivity contribution < 1.29 is 23.5 Å². The van der Waals surface area contributed by atoms with Crippen LogP contribution in [0, 0.1) is 5.82 Å². The summed E-state index contributed by atoms with van der Waals surface area (Å²) >= 11 is 0. The Balaban J connectivity index is 1.94. The third-order valence-electron chi connectivity index (χ3n) is 4.79. The van der Waals surface area contributed by atoms with Gasteiger partial charge in [-0.2, -0.15) is 0 Å². The van der Waals surface area contributed by atoms with E-state index in [1.807, 2.05) is 30.3 Å². The Morgan fingerprint density at radius 1 is 1.03 bits per heavy atom. The standard InChI is InChI=1S/C24H23FN2O5/c1-3-27-14-19(23(29)26-13-16-9-11-18(25)12-10-16)21(28)22(20(27)24(30)31-2)32-15-17-7-5-4-6-8-17/h4-12,14H,3,13,15H2,1-2H3,(H,26,29). The molecule has 1 amide bonds. The zero-order valence-corrected chi connectivity index (χ0v) is 17.8. The molecule has 0 aliphatic rings. The fourth-order valence-corrected chi connectivity index (χ4v) is 3.10. The van der Waals surface area contributed by atoms with Crippen molar-refractivity contribution in [3.63, 3.8) is 0 Å². The van der Waals surface area contributed by atoms with E-state index < -0.39 is 17.3 Å². The Labute approximate surface area is 184 Å². The summed E-state index contributed by atoms with van der Waals surface area (Å²) in [4.78, 5) is 38.3. The Kier molecular flexibility index (Phi) is 7.38. The van der Waals surface area contributed by atoms with E-state index in [9.17, 15) is 18.8 Å². The van der Waals surface area contributed by atoms with E-state index in [1.165, 1.54) is 42.1 Å². The molecule has 3 rings (SSSR count). The van der Waals surface area contributed by atoms with Gasteiger partial charge < -0.3 is 19.4 Å². The van der Waals surface area contributed by atoms with E-state index >= 15 is 0 Å². The van der Waals surface area contributed by atoms with Crippen LogP contribution in [0.25, 0.3) is 0 Å². The van der Waals surface area contributed by atoms with Crippen LogP contribution in [-0.4, -0.2) is 23.6 Å². The molecule has 8 heteroatoms. The van der Waals surface area contributed by atoms with Crippen LogP contribution in [0.2, 0.25) is 0 Å². The number of rotatable bonds is 8. The number of benzene rings is 2. The Morgan fingerprint density at radius 3 is 2.34 bits per heavy atom. The highest BCUT2D eigenvalue weighted by Crippen LogP contribution is 2.19. The number of carbonyl (C=O) groups is 2. The molecule has 0 spiro atoms. The lowest BCUT2D eigenvalue weighted by molar-refractivity contribution is 0.0580. The highest BCUT2D eigenvalue weighted by Gasteiger charge is 2.26. The van der Waals surface area contributed by atoms with Crippen molar-refractivity contribution in [1.29, 1.82) is 0 Å². The minimum Gasteiger partial charge on any atom is -0.482 e. The highest BCUT2D eigenvalue weighted by molar-refractivity contribution is 5.96. The highest BCUT2D eigenvalue weighted by atomic mass is 19.1. The van der Waals surface area contributed by atoms with Gasteiger partial charge in [0.1, 0.15) is 18.0 Å². The molecule has 0 bridgehead atoms. The average molecular weight is 438 g/mol. The number of aromatic nitrogens is 1. The van der Waals surface area contributed by atoms with Gasteiger partial charge in [0.25, 0.3) is 5.91 Å². The summed E-state index contributed by atoms with van der Waals surface area (Å²) in [6.07, 6.45) is 1.31. The SMILES string of the molecule is CCn1cc(C(=O)NCc2ccc(F)cc2)c(=O)c(OCc2ccccc2)c1C(=O)OC. The first-order valence-corrected chi connectivity index (χ1v) is 9.99. The number of esters is 1. The minimum atomic E-state index is -0.745. The van der Waals surface area contributed by atoms with E-state index in [2.05, 4.69) is 5.32 Å². The maximum Gasteiger partial charge on any atom is 0.358 e. The van der Waals surface area contributed by atoms with Gasteiger partial charge in [-0.25, -0.2) is 9.18 Å². The van der Waals surface area contributed by atoms with Crippen LogP contribution in [0.1, 0.15) is 38.9 Å². The summed E-state index contributed by atoms with van der Waals surface area (Å²) in [5, 5.41) is 2.64. The van der Waals surface area contributed by atoms with Crippen LogP contribution in [-0.2, 0) is 24.4 Å². The number of nitrogens with one attached hydrogen (secondary N) is 1. The van der Waals surface area contributed by atoms with Gasteiger partial charge in [0.15, 0.2) is 11.4 Å². The maximum atomic E-state index is 13.1. The fraction of sp³-hybridized carbons (Fsp3) is 0.208. The van der Waals surface area contributed by atoms with E-state index in [0.29, 0.717) is 12.1 Å². The second-order valence-corrected chi connectivity index (χ2v) is 6.91. The number of ether oxygens (including phenoxy) is 2. The summed E-state index contributed by atoms with van der Waals surface area (Å²) in [6, 6.07) is 14.8. The Bertz CT molecular complexity index is 1160. The number of methoxy groups -OCH3 is 1. The van der Waals surface area contributed by atoms with Gasteiger partial charge in [-0.05, 0) is 30.2 Å². The van der Waals surface area contributed by atoms with Gasteiger partial charge >= 0.3 is 5.97 Å². The molecule has 3 aromatic rings. The van der Waals surface area contributed by atoms with Gasteiger partial charge in [0.2, 0.25) is 5.43 Å². The molecular weight excluding hydrogens is 415 g/mol. The normalized spacial score (nSPS) is 10.5. The average Bonchev–Trinajstić information content (AvgIpc) is 2.82. The largest absolute Gasteiger partial charge is 0.482 e.